The Morgan fingerprint density at radius 3 is 2.22 bits per heavy atom. The summed E-state index contributed by atoms with van der Waals surface area (Å²) in [4.78, 5) is 0. The fraction of sp³-hybridized carbons (Fsp3) is 0.222. The summed E-state index contributed by atoms with van der Waals surface area (Å²) in [7, 11) is 0. The Balaban J connectivity index is 0.000000771. The Morgan fingerprint density at radius 2 is 1.56 bits per heavy atom. The summed E-state index contributed by atoms with van der Waals surface area (Å²) < 4.78 is 0. The molecule has 0 aliphatic heterocycles. The van der Waals surface area contributed by atoms with Crippen molar-refractivity contribution in [3.05, 3.63) is 70.1 Å². The summed E-state index contributed by atoms with van der Waals surface area (Å²) in [5, 5.41) is 2.27. The summed E-state index contributed by atoms with van der Waals surface area (Å²) in [6, 6.07) is 16.7. The minimum Gasteiger partial charge on any atom is -0.0912 e. The standard InChI is InChI=1S/C16H16.C2H6/c1-3-14-9-6-7-11-16(14)12-15-10-5-4-8-13(15)2;1-2/h4-12H,2-3H2,1H3;1-2H3/b15-12-;. The number of benzene rings is 2. The van der Waals surface area contributed by atoms with Gasteiger partial charge in [0.2, 0.25) is 0 Å². The second-order valence-electron chi connectivity index (χ2n) is 3.90. The van der Waals surface area contributed by atoms with E-state index in [1.807, 2.05) is 26.0 Å². The van der Waals surface area contributed by atoms with E-state index >= 15 is 0 Å². The summed E-state index contributed by atoms with van der Waals surface area (Å²) in [5.74, 6) is 0. The van der Waals surface area contributed by atoms with Crippen LogP contribution in [-0.2, 0) is 6.42 Å². The molecule has 2 aromatic carbocycles. The number of hydrogen-bond donors (Lipinski definition) is 0. The smallest absolute Gasteiger partial charge is 0.0184 e. The molecule has 0 spiro atoms. The zero-order chi connectivity index (χ0) is 13.4. The van der Waals surface area contributed by atoms with E-state index in [-0.39, 0.29) is 0 Å². The maximum absolute atomic E-state index is 4.04. The van der Waals surface area contributed by atoms with Crippen molar-refractivity contribution >= 4 is 12.7 Å². The van der Waals surface area contributed by atoms with Gasteiger partial charge in [-0.15, -0.1) is 0 Å². The van der Waals surface area contributed by atoms with Crippen LogP contribution in [0.15, 0.2) is 48.5 Å². The first kappa shape index (κ1) is 14.2. The van der Waals surface area contributed by atoms with Crippen molar-refractivity contribution in [2.45, 2.75) is 27.2 Å². The molecule has 2 rings (SSSR count). The second kappa shape index (κ2) is 7.50. The van der Waals surface area contributed by atoms with Gasteiger partial charge in [-0.05, 0) is 34.1 Å². The summed E-state index contributed by atoms with van der Waals surface area (Å²) >= 11 is 0. The zero-order valence-corrected chi connectivity index (χ0v) is 11.6. The molecule has 0 nitrogen and oxygen atoms in total. The van der Waals surface area contributed by atoms with Gasteiger partial charge < -0.3 is 0 Å². The van der Waals surface area contributed by atoms with Gasteiger partial charge in [-0.3, -0.25) is 0 Å². The molecule has 0 atom stereocenters. The third-order valence-electron chi connectivity index (χ3n) is 2.80. The Kier molecular flexibility index (Phi) is 5.93. The van der Waals surface area contributed by atoms with E-state index in [2.05, 4.69) is 56.0 Å². The van der Waals surface area contributed by atoms with E-state index in [9.17, 15) is 0 Å². The number of rotatable bonds is 2. The lowest BCUT2D eigenvalue weighted by molar-refractivity contribution is 1.13. The lowest BCUT2D eigenvalue weighted by Crippen LogP contribution is -2.21. The minimum atomic E-state index is 1.06. The molecule has 94 valence electrons. The van der Waals surface area contributed by atoms with E-state index in [1.165, 1.54) is 16.3 Å². The predicted molar refractivity (Wildman–Crippen MR) is 81.9 cm³/mol. The van der Waals surface area contributed by atoms with Gasteiger partial charge in [-0.1, -0.05) is 75.9 Å². The van der Waals surface area contributed by atoms with Crippen LogP contribution in [0.5, 0.6) is 0 Å². The molecule has 0 bridgehead atoms. The molecule has 0 unspecified atom stereocenters. The summed E-state index contributed by atoms with van der Waals surface area (Å²) in [5.41, 5.74) is 2.67. The Hall–Kier alpha value is -1.82. The molecule has 0 radical (unpaired) electrons. The largest absolute Gasteiger partial charge is 0.0912 e. The highest BCUT2D eigenvalue weighted by Crippen LogP contribution is 2.09. The molecule has 0 saturated heterocycles. The summed E-state index contributed by atoms with van der Waals surface area (Å²) in [6.45, 7) is 10.2. The van der Waals surface area contributed by atoms with Crippen molar-refractivity contribution in [1.82, 2.24) is 0 Å². The van der Waals surface area contributed by atoms with Crippen LogP contribution in [0.2, 0.25) is 0 Å². The van der Waals surface area contributed by atoms with Crippen molar-refractivity contribution in [3.8, 4) is 0 Å². The topological polar surface area (TPSA) is 0 Å². The molecule has 0 amide bonds. The molecule has 0 fully saturated rings. The zero-order valence-electron chi connectivity index (χ0n) is 11.6. The highest BCUT2D eigenvalue weighted by molar-refractivity contribution is 5.54. The molecule has 0 N–H and O–H groups in total. The van der Waals surface area contributed by atoms with Gasteiger partial charge in [0.15, 0.2) is 0 Å². The molecule has 0 aliphatic rings. The third kappa shape index (κ3) is 3.59. The Morgan fingerprint density at radius 1 is 0.944 bits per heavy atom. The molecule has 0 heterocycles. The third-order valence-corrected chi connectivity index (χ3v) is 2.80. The first-order valence-electron chi connectivity index (χ1n) is 6.65. The first-order valence-corrected chi connectivity index (χ1v) is 6.65. The highest BCUT2D eigenvalue weighted by Gasteiger charge is 1.94. The van der Waals surface area contributed by atoms with Crippen LogP contribution in [0.4, 0.5) is 0 Å². The van der Waals surface area contributed by atoms with E-state index in [0.717, 1.165) is 11.6 Å². The van der Waals surface area contributed by atoms with E-state index in [0.29, 0.717) is 0 Å². The van der Waals surface area contributed by atoms with Crippen LogP contribution >= 0.6 is 0 Å². The molecule has 2 aromatic rings. The average molecular weight is 238 g/mol. The van der Waals surface area contributed by atoms with Crippen LogP contribution in [0.3, 0.4) is 0 Å². The van der Waals surface area contributed by atoms with Crippen molar-refractivity contribution in [2.75, 3.05) is 0 Å². The van der Waals surface area contributed by atoms with Gasteiger partial charge in [-0.25, -0.2) is 0 Å². The number of hydrogen-bond acceptors (Lipinski definition) is 0. The van der Waals surface area contributed by atoms with Gasteiger partial charge in [0.05, 0.1) is 0 Å². The average Bonchev–Trinajstić information content (AvgIpc) is 2.44. The molecule has 0 saturated carbocycles. The molecular formula is C18H22. The van der Waals surface area contributed by atoms with Gasteiger partial charge in [0.25, 0.3) is 0 Å². The Labute approximate surface area is 110 Å². The van der Waals surface area contributed by atoms with Gasteiger partial charge >= 0.3 is 0 Å². The van der Waals surface area contributed by atoms with Crippen LogP contribution in [0, 0.1) is 0 Å². The van der Waals surface area contributed by atoms with Crippen LogP contribution < -0.4 is 10.4 Å². The molecule has 18 heavy (non-hydrogen) atoms. The lowest BCUT2D eigenvalue weighted by atomic mass is 10.0. The quantitative estimate of drug-likeness (QED) is 0.751. The van der Waals surface area contributed by atoms with E-state index in [1.54, 1.807) is 0 Å². The molecule has 0 aliphatic carbocycles. The fourth-order valence-electron chi connectivity index (χ4n) is 1.84. The molecule has 0 aromatic heterocycles. The predicted octanol–water partition coefficient (Wildman–Crippen LogP) is 3.51. The van der Waals surface area contributed by atoms with Crippen LogP contribution in [-0.4, -0.2) is 0 Å². The van der Waals surface area contributed by atoms with Crippen molar-refractivity contribution in [2.24, 2.45) is 0 Å². The minimum absolute atomic E-state index is 1.06. The maximum Gasteiger partial charge on any atom is -0.0184 e. The van der Waals surface area contributed by atoms with E-state index < -0.39 is 0 Å². The second-order valence-corrected chi connectivity index (χ2v) is 3.90. The monoisotopic (exact) mass is 238 g/mol. The number of aryl methyl sites for hydroxylation is 1. The molecule has 0 heteroatoms. The Bertz CT molecular complexity index is 579. The van der Waals surface area contributed by atoms with E-state index in [4.69, 9.17) is 0 Å². The summed E-state index contributed by atoms with van der Waals surface area (Å²) in [6.07, 6.45) is 3.27. The van der Waals surface area contributed by atoms with Crippen LogP contribution in [0.1, 0.15) is 31.9 Å². The highest BCUT2D eigenvalue weighted by atomic mass is 14.0. The van der Waals surface area contributed by atoms with Gasteiger partial charge in [0, 0.05) is 0 Å². The van der Waals surface area contributed by atoms with Crippen molar-refractivity contribution < 1.29 is 0 Å². The van der Waals surface area contributed by atoms with Gasteiger partial charge in [-0.2, -0.15) is 0 Å². The van der Waals surface area contributed by atoms with Crippen LogP contribution in [0.25, 0.3) is 12.7 Å². The lowest BCUT2D eigenvalue weighted by Gasteiger charge is -2.01. The van der Waals surface area contributed by atoms with Gasteiger partial charge in [0.1, 0.15) is 0 Å². The SMILES string of the molecule is C=c1cccc/c1=C/c1ccccc1CC.CC. The maximum atomic E-state index is 4.04. The van der Waals surface area contributed by atoms with Crippen molar-refractivity contribution in [3.63, 3.8) is 0 Å². The van der Waals surface area contributed by atoms with Crippen molar-refractivity contribution in [1.29, 1.82) is 0 Å². The fourth-order valence-corrected chi connectivity index (χ4v) is 1.84. The normalized spacial score (nSPS) is 10.7. The molecular weight excluding hydrogens is 216 g/mol. The first-order chi connectivity index (χ1) is 8.81.